The number of hydrogen-bond donors (Lipinski definition) is 0. The minimum atomic E-state index is 0.583. The molecule has 0 fully saturated rings. The molecule has 0 amide bonds. The Kier molecular flexibility index (Phi) is 4.86. The second kappa shape index (κ2) is 6.63. The minimum Gasteiger partial charge on any atom is -0.374 e. The number of aryl methyl sites for hydroxylation is 1. The molecule has 19 heavy (non-hydrogen) atoms. The van der Waals surface area contributed by atoms with Crippen LogP contribution in [0.1, 0.15) is 16.7 Å². The van der Waals surface area contributed by atoms with Gasteiger partial charge >= 0.3 is 0 Å². The molecule has 0 unspecified atom stereocenters. The molecule has 0 radical (unpaired) electrons. The Morgan fingerprint density at radius 2 is 1.79 bits per heavy atom. The molecule has 0 aliphatic rings. The fraction of sp³-hybridized carbons (Fsp3) is 0.294. The number of rotatable bonds is 5. The SMILES string of the molecule is Cc1cc(N(C)CCc2ccccc2)ccc1CCl. The van der Waals surface area contributed by atoms with Gasteiger partial charge in [0.25, 0.3) is 0 Å². The second-order valence-corrected chi connectivity index (χ2v) is 5.17. The van der Waals surface area contributed by atoms with Crippen LogP contribution in [0.4, 0.5) is 5.69 Å². The number of hydrogen-bond acceptors (Lipinski definition) is 1. The highest BCUT2D eigenvalue weighted by atomic mass is 35.5. The van der Waals surface area contributed by atoms with E-state index in [1.54, 1.807) is 0 Å². The van der Waals surface area contributed by atoms with Gasteiger partial charge in [-0.3, -0.25) is 0 Å². The molecule has 0 aromatic heterocycles. The Balaban J connectivity index is 2.00. The standard InChI is InChI=1S/C17H20ClN/c1-14-12-17(9-8-16(14)13-18)19(2)11-10-15-6-4-3-5-7-15/h3-9,12H,10-11,13H2,1-2H3. The normalized spacial score (nSPS) is 10.5. The van der Waals surface area contributed by atoms with Crippen molar-refractivity contribution in [2.75, 3.05) is 18.5 Å². The van der Waals surface area contributed by atoms with Gasteiger partial charge < -0.3 is 4.90 Å². The third-order valence-electron chi connectivity index (χ3n) is 3.49. The first-order valence-corrected chi connectivity index (χ1v) is 7.14. The van der Waals surface area contributed by atoms with E-state index in [1.165, 1.54) is 22.4 Å². The van der Waals surface area contributed by atoms with E-state index in [4.69, 9.17) is 11.6 Å². The molecule has 0 heterocycles. The first kappa shape index (κ1) is 14.0. The van der Waals surface area contributed by atoms with Gasteiger partial charge in [-0.25, -0.2) is 0 Å². The molecule has 0 spiro atoms. The Labute approximate surface area is 120 Å². The number of anilines is 1. The zero-order valence-electron chi connectivity index (χ0n) is 11.6. The molecule has 2 heteroatoms. The molecule has 0 saturated carbocycles. The summed E-state index contributed by atoms with van der Waals surface area (Å²) >= 11 is 5.89. The molecule has 0 saturated heterocycles. The molecule has 1 nitrogen and oxygen atoms in total. The summed E-state index contributed by atoms with van der Waals surface area (Å²) in [5, 5.41) is 0. The average molecular weight is 274 g/mol. The van der Waals surface area contributed by atoms with Crippen LogP contribution in [-0.4, -0.2) is 13.6 Å². The van der Waals surface area contributed by atoms with E-state index < -0.39 is 0 Å². The van der Waals surface area contributed by atoms with Crippen LogP contribution in [0.15, 0.2) is 48.5 Å². The van der Waals surface area contributed by atoms with Gasteiger partial charge in [-0.2, -0.15) is 0 Å². The monoisotopic (exact) mass is 273 g/mol. The van der Waals surface area contributed by atoms with E-state index in [1.807, 2.05) is 0 Å². The maximum Gasteiger partial charge on any atom is 0.0476 e. The van der Waals surface area contributed by atoms with Gasteiger partial charge in [0.05, 0.1) is 0 Å². The molecular weight excluding hydrogens is 254 g/mol. The molecule has 0 bridgehead atoms. The third kappa shape index (κ3) is 3.74. The van der Waals surface area contributed by atoms with Crippen molar-refractivity contribution in [1.29, 1.82) is 0 Å². The quantitative estimate of drug-likeness (QED) is 0.729. The molecule has 2 rings (SSSR count). The van der Waals surface area contributed by atoms with Crippen LogP contribution >= 0.6 is 11.6 Å². The Bertz CT molecular complexity index is 522. The highest BCUT2D eigenvalue weighted by molar-refractivity contribution is 6.17. The summed E-state index contributed by atoms with van der Waals surface area (Å²) < 4.78 is 0. The first-order chi connectivity index (χ1) is 9.20. The van der Waals surface area contributed by atoms with Gasteiger partial charge in [0.15, 0.2) is 0 Å². The predicted molar refractivity (Wildman–Crippen MR) is 84.2 cm³/mol. The molecule has 0 aliphatic carbocycles. The van der Waals surface area contributed by atoms with Gasteiger partial charge in [-0.05, 0) is 42.2 Å². The van der Waals surface area contributed by atoms with Gasteiger partial charge in [0.1, 0.15) is 0 Å². The number of halogens is 1. The molecule has 2 aromatic carbocycles. The summed E-state index contributed by atoms with van der Waals surface area (Å²) in [6.07, 6.45) is 1.06. The maximum atomic E-state index is 5.89. The predicted octanol–water partition coefficient (Wildman–Crippen LogP) is 4.41. The van der Waals surface area contributed by atoms with Crippen molar-refractivity contribution >= 4 is 17.3 Å². The number of nitrogens with zero attached hydrogens (tertiary/aromatic N) is 1. The van der Waals surface area contributed by atoms with Crippen LogP contribution in [-0.2, 0) is 12.3 Å². The van der Waals surface area contributed by atoms with Crippen molar-refractivity contribution in [2.45, 2.75) is 19.2 Å². The van der Waals surface area contributed by atoms with Crippen molar-refractivity contribution in [3.8, 4) is 0 Å². The molecule has 0 aliphatic heterocycles. The van der Waals surface area contributed by atoms with Crippen molar-refractivity contribution in [1.82, 2.24) is 0 Å². The Hall–Kier alpha value is -1.47. The topological polar surface area (TPSA) is 3.24 Å². The van der Waals surface area contributed by atoms with E-state index >= 15 is 0 Å². The third-order valence-corrected chi connectivity index (χ3v) is 3.78. The van der Waals surface area contributed by atoms with E-state index in [9.17, 15) is 0 Å². The van der Waals surface area contributed by atoms with Gasteiger partial charge in [-0.1, -0.05) is 36.4 Å². The molecule has 100 valence electrons. The maximum absolute atomic E-state index is 5.89. The highest BCUT2D eigenvalue weighted by Gasteiger charge is 2.04. The highest BCUT2D eigenvalue weighted by Crippen LogP contribution is 2.19. The van der Waals surface area contributed by atoms with E-state index in [-0.39, 0.29) is 0 Å². The second-order valence-electron chi connectivity index (χ2n) is 4.90. The molecule has 0 N–H and O–H groups in total. The smallest absolute Gasteiger partial charge is 0.0476 e. The van der Waals surface area contributed by atoms with Gasteiger partial charge in [-0.15, -0.1) is 11.6 Å². The lowest BCUT2D eigenvalue weighted by molar-refractivity contribution is 0.876. The summed E-state index contributed by atoms with van der Waals surface area (Å²) in [6.45, 7) is 3.13. The lowest BCUT2D eigenvalue weighted by Crippen LogP contribution is -2.20. The summed E-state index contributed by atoms with van der Waals surface area (Å²) in [7, 11) is 2.14. The van der Waals surface area contributed by atoms with Crippen LogP contribution in [0.3, 0.4) is 0 Å². The van der Waals surface area contributed by atoms with Crippen LogP contribution in [0.2, 0.25) is 0 Å². The van der Waals surface area contributed by atoms with Crippen molar-refractivity contribution < 1.29 is 0 Å². The van der Waals surface area contributed by atoms with E-state index in [2.05, 4.69) is 67.4 Å². The molecule has 2 aromatic rings. The van der Waals surface area contributed by atoms with Crippen molar-refractivity contribution in [3.05, 3.63) is 65.2 Å². The number of benzene rings is 2. The first-order valence-electron chi connectivity index (χ1n) is 6.61. The fourth-order valence-electron chi connectivity index (χ4n) is 2.14. The van der Waals surface area contributed by atoms with E-state index in [0.29, 0.717) is 5.88 Å². The van der Waals surface area contributed by atoms with Crippen molar-refractivity contribution in [2.24, 2.45) is 0 Å². The Morgan fingerprint density at radius 1 is 1.05 bits per heavy atom. The number of likely N-dealkylation sites (N-methyl/N-ethyl adjacent to an activating group) is 1. The summed E-state index contributed by atoms with van der Waals surface area (Å²) in [6, 6.07) is 17.1. The van der Waals surface area contributed by atoms with E-state index in [0.717, 1.165) is 13.0 Å². The summed E-state index contributed by atoms with van der Waals surface area (Å²) in [4.78, 5) is 2.29. The summed E-state index contributed by atoms with van der Waals surface area (Å²) in [5.74, 6) is 0.583. The fourth-order valence-corrected chi connectivity index (χ4v) is 2.44. The van der Waals surface area contributed by atoms with Crippen molar-refractivity contribution in [3.63, 3.8) is 0 Å². The summed E-state index contributed by atoms with van der Waals surface area (Å²) in [5.41, 5.74) is 5.10. The van der Waals surface area contributed by atoms with Crippen LogP contribution in [0, 0.1) is 6.92 Å². The van der Waals surface area contributed by atoms with Crippen LogP contribution < -0.4 is 4.90 Å². The Morgan fingerprint density at radius 3 is 2.42 bits per heavy atom. The largest absolute Gasteiger partial charge is 0.374 e. The number of alkyl halides is 1. The van der Waals surface area contributed by atoms with Crippen LogP contribution in [0.5, 0.6) is 0 Å². The van der Waals surface area contributed by atoms with Crippen LogP contribution in [0.25, 0.3) is 0 Å². The molecular formula is C17H20ClN. The lowest BCUT2D eigenvalue weighted by Gasteiger charge is -2.20. The zero-order chi connectivity index (χ0) is 13.7. The lowest BCUT2D eigenvalue weighted by atomic mass is 10.1. The van der Waals surface area contributed by atoms with Gasteiger partial charge in [0, 0.05) is 25.2 Å². The van der Waals surface area contributed by atoms with Gasteiger partial charge in [0.2, 0.25) is 0 Å². The molecule has 0 atom stereocenters. The zero-order valence-corrected chi connectivity index (χ0v) is 12.3. The average Bonchev–Trinajstić information content (AvgIpc) is 2.45. The minimum absolute atomic E-state index is 0.583.